The van der Waals surface area contributed by atoms with E-state index < -0.39 is 0 Å². The van der Waals surface area contributed by atoms with E-state index >= 15 is 0 Å². The number of carbonyl (C=O) groups excluding carboxylic acids is 2. The third kappa shape index (κ3) is 5.82. The topological polar surface area (TPSA) is 49.4 Å². The minimum Gasteiger partial charge on any atom is -0.353 e. The zero-order valence-electron chi connectivity index (χ0n) is 15.2. The first kappa shape index (κ1) is 18.3. The lowest BCUT2D eigenvalue weighted by molar-refractivity contribution is -0.133. The van der Waals surface area contributed by atoms with Gasteiger partial charge in [0.15, 0.2) is 0 Å². The monoisotopic (exact) mass is 322 g/mol. The lowest BCUT2D eigenvalue weighted by atomic mass is 9.86. The molecule has 1 N–H and O–H groups in total. The standard InChI is InChI=1S/C19H34N2O2/c1-19(2,3)18(23)20-16-11-13-21(14-12-16)17(22)10-9-15-7-5-4-6-8-15/h15-16H,4-14H2,1-3H3,(H,20,23). The molecule has 0 atom stereocenters. The van der Waals surface area contributed by atoms with Crippen LogP contribution in [0.4, 0.5) is 0 Å². The number of nitrogens with zero attached hydrogens (tertiary/aromatic N) is 1. The minimum absolute atomic E-state index is 0.111. The van der Waals surface area contributed by atoms with Gasteiger partial charge < -0.3 is 10.2 Å². The second kappa shape index (κ2) is 8.16. The van der Waals surface area contributed by atoms with E-state index in [9.17, 15) is 9.59 Å². The van der Waals surface area contributed by atoms with E-state index in [1.54, 1.807) is 0 Å². The number of nitrogens with one attached hydrogen (secondary N) is 1. The Morgan fingerprint density at radius 3 is 2.17 bits per heavy atom. The van der Waals surface area contributed by atoms with E-state index in [-0.39, 0.29) is 17.4 Å². The van der Waals surface area contributed by atoms with Gasteiger partial charge in [-0.2, -0.15) is 0 Å². The zero-order valence-corrected chi connectivity index (χ0v) is 15.2. The quantitative estimate of drug-likeness (QED) is 0.861. The second-order valence-electron chi connectivity index (χ2n) is 8.42. The summed E-state index contributed by atoms with van der Waals surface area (Å²) in [7, 11) is 0. The molecule has 1 aliphatic carbocycles. The summed E-state index contributed by atoms with van der Waals surface area (Å²) in [5.74, 6) is 1.20. The van der Waals surface area contributed by atoms with E-state index in [2.05, 4.69) is 5.32 Å². The summed E-state index contributed by atoms with van der Waals surface area (Å²) < 4.78 is 0. The number of likely N-dealkylation sites (tertiary alicyclic amines) is 1. The number of piperidine rings is 1. The predicted octanol–water partition coefficient (Wildman–Crippen LogP) is 3.50. The highest BCUT2D eigenvalue weighted by Gasteiger charge is 2.28. The summed E-state index contributed by atoms with van der Waals surface area (Å²) in [6.07, 6.45) is 10.2. The first-order valence-electron chi connectivity index (χ1n) is 9.45. The van der Waals surface area contributed by atoms with E-state index in [0.717, 1.165) is 38.3 Å². The maximum atomic E-state index is 12.4. The molecule has 0 aromatic heterocycles. The van der Waals surface area contributed by atoms with Gasteiger partial charge in [-0.3, -0.25) is 9.59 Å². The van der Waals surface area contributed by atoms with Gasteiger partial charge >= 0.3 is 0 Å². The van der Waals surface area contributed by atoms with E-state index in [1.807, 2.05) is 25.7 Å². The van der Waals surface area contributed by atoms with Crippen LogP contribution >= 0.6 is 0 Å². The Hall–Kier alpha value is -1.06. The Bertz CT molecular complexity index is 400. The fourth-order valence-corrected chi connectivity index (χ4v) is 3.64. The molecule has 2 amide bonds. The first-order chi connectivity index (χ1) is 10.9. The smallest absolute Gasteiger partial charge is 0.225 e. The Kier molecular flexibility index (Phi) is 6.49. The molecule has 0 spiro atoms. The van der Waals surface area contributed by atoms with Gasteiger partial charge in [0.05, 0.1) is 0 Å². The van der Waals surface area contributed by atoms with Crippen LogP contribution in [0, 0.1) is 11.3 Å². The molecule has 0 radical (unpaired) electrons. The van der Waals surface area contributed by atoms with Crippen LogP contribution in [0.1, 0.15) is 78.6 Å². The van der Waals surface area contributed by atoms with Crippen LogP contribution < -0.4 is 5.32 Å². The van der Waals surface area contributed by atoms with Crippen molar-refractivity contribution in [2.45, 2.75) is 84.6 Å². The molecule has 1 saturated heterocycles. The second-order valence-corrected chi connectivity index (χ2v) is 8.42. The predicted molar refractivity (Wildman–Crippen MR) is 93.0 cm³/mol. The van der Waals surface area contributed by atoms with Crippen LogP contribution in [0.2, 0.25) is 0 Å². The van der Waals surface area contributed by atoms with Crippen molar-refractivity contribution in [1.82, 2.24) is 10.2 Å². The summed E-state index contributed by atoms with van der Waals surface area (Å²) in [6.45, 7) is 7.39. The molecule has 0 unspecified atom stereocenters. The SMILES string of the molecule is CC(C)(C)C(=O)NC1CCN(C(=O)CCC2CCCCC2)CC1. The largest absolute Gasteiger partial charge is 0.353 e. The lowest BCUT2D eigenvalue weighted by Gasteiger charge is -2.34. The van der Waals surface area contributed by atoms with E-state index in [1.165, 1.54) is 32.1 Å². The molecule has 2 rings (SSSR count). The number of rotatable bonds is 4. The molecule has 23 heavy (non-hydrogen) atoms. The van der Waals surface area contributed by atoms with Gasteiger partial charge in [0, 0.05) is 31.0 Å². The van der Waals surface area contributed by atoms with Crippen LogP contribution in [0.5, 0.6) is 0 Å². The molecule has 4 heteroatoms. The Balaban J connectivity index is 1.67. The van der Waals surface area contributed by atoms with Crippen LogP contribution in [-0.2, 0) is 9.59 Å². The fraction of sp³-hybridized carbons (Fsp3) is 0.895. The van der Waals surface area contributed by atoms with Crippen molar-refractivity contribution in [3.05, 3.63) is 0 Å². The molecule has 2 aliphatic rings. The van der Waals surface area contributed by atoms with Crippen molar-refractivity contribution < 1.29 is 9.59 Å². The van der Waals surface area contributed by atoms with Gasteiger partial charge in [0.25, 0.3) is 0 Å². The molecule has 0 aromatic rings. The fourth-order valence-electron chi connectivity index (χ4n) is 3.64. The molecule has 1 saturated carbocycles. The summed E-state index contributed by atoms with van der Waals surface area (Å²) >= 11 is 0. The van der Waals surface area contributed by atoms with Crippen molar-refractivity contribution in [3.63, 3.8) is 0 Å². The normalized spacial score (nSPS) is 21.3. The van der Waals surface area contributed by atoms with Crippen LogP contribution in [-0.4, -0.2) is 35.8 Å². The van der Waals surface area contributed by atoms with E-state index in [0.29, 0.717) is 12.3 Å². The maximum Gasteiger partial charge on any atom is 0.225 e. The molecule has 0 aromatic carbocycles. The molecule has 132 valence electrons. The molecule has 4 nitrogen and oxygen atoms in total. The van der Waals surface area contributed by atoms with Gasteiger partial charge in [0.2, 0.25) is 11.8 Å². The lowest BCUT2D eigenvalue weighted by Crippen LogP contribution is -2.49. The van der Waals surface area contributed by atoms with Crippen molar-refractivity contribution in [2.75, 3.05) is 13.1 Å². The van der Waals surface area contributed by atoms with Crippen molar-refractivity contribution in [2.24, 2.45) is 11.3 Å². The number of amides is 2. The van der Waals surface area contributed by atoms with Gasteiger partial charge in [-0.25, -0.2) is 0 Å². The highest BCUT2D eigenvalue weighted by atomic mass is 16.2. The van der Waals surface area contributed by atoms with Crippen molar-refractivity contribution >= 4 is 11.8 Å². The van der Waals surface area contributed by atoms with Crippen LogP contribution in [0.3, 0.4) is 0 Å². The summed E-state index contributed by atoms with van der Waals surface area (Å²) in [5.41, 5.74) is -0.340. The average Bonchev–Trinajstić information content (AvgIpc) is 2.53. The third-order valence-corrected chi connectivity index (χ3v) is 5.36. The zero-order chi connectivity index (χ0) is 16.9. The Labute approximate surface area is 141 Å². The Morgan fingerprint density at radius 1 is 1.00 bits per heavy atom. The highest BCUT2D eigenvalue weighted by Crippen LogP contribution is 2.27. The molecule has 1 heterocycles. The van der Waals surface area contributed by atoms with Gasteiger partial charge in [-0.05, 0) is 25.2 Å². The third-order valence-electron chi connectivity index (χ3n) is 5.36. The summed E-state index contributed by atoms with van der Waals surface area (Å²) in [4.78, 5) is 26.4. The average molecular weight is 322 g/mol. The van der Waals surface area contributed by atoms with Gasteiger partial charge in [-0.1, -0.05) is 52.9 Å². The molecule has 0 bridgehead atoms. The molecule has 1 aliphatic heterocycles. The Morgan fingerprint density at radius 2 is 1.61 bits per heavy atom. The molecular formula is C19H34N2O2. The minimum atomic E-state index is -0.340. The van der Waals surface area contributed by atoms with Gasteiger partial charge in [0.1, 0.15) is 0 Å². The van der Waals surface area contributed by atoms with Crippen LogP contribution in [0.25, 0.3) is 0 Å². The van der Waals surface area contributed by atoms with Crippen LogP contribution in [0.15, 0.2) is 0 Å². The summed E-state index contributed by atoms with van der Waals surface area (Å²) in [6, 6.07) is 0.226. The molecular weight excluding hydrogens is 288 g/mol. The highest BCUT2D eigenvalue weighted by molar-refractivity contribution is 5.81. The van der Waals surface area contributed by atoms with E-state index in [4.69, 9.17) is 0 Å². The first-order valence-corrected chi connectivity index (χ1v) is 9.45. The number of carbonyl (C=O) groups is 2. The maximum absolute atomic E-state index is 12.4. The van der Waals surface area contributed by atoms with Crippen molar-refractivity contribution in [3.8, 4) is 0 Å². The molecule has 2 fully saturated rings. The van der Waals surface area contributed by atoms with Gasteiger partial charge in [-0.15, -0.1) is 0 Å². The number of hydrogen-bond donors (Lipinski definition) is 1. The summed E-state index contributed by atoms with van der Waals surface area (Å²) in [5, 5.41) is 3.13. The van der Waals surface area contributed by atoms with Crippen molar-refractivity contribution in [1.29, 1.82) is 0 Å². The number of hydrogen-bond acceptors (Lipinski definition) is 2.